The number of para-hydroxylation sites is 1. The third-order valence-corrected chi connectivity index (χ3v) is 4.42. The van der Waals surface area contributed by atoms with Crippen molar-refractivity contribution in [3.05, 3.63) is 82.1 Å². The number of benzene rings is 1. The summed E-state index contributed by atoms with van der Waals surface area (Å²) < 4.78 is 5.81. The summed E-state index contributed by atoms with van der Waals surface area (Å²) in [4.78, 5) is 32.1. The van der Waals surface area contributed by atoms with Gasteiger partial charge in [0.1, 0.15) is 12.4 Å². The summed E-state index contributed by atoms with van der Waals surface area (Å²) in [5, 5.41) is 2.93. The molecule has 0 spiro atoms. The first kappa shape index (κ1) is 19.2. The van der Waals surface area contributed by atoms with Crippen LogP contribution in [0.25, 0.3) is 6.08 Å². The van der Waals surface area contributed by atoms with E-state index in [1.54, 1.807) is 35.7 Å². The van der Waals surface area contributed by atoms with Crippen molar-refractivity contribution in [1.82, 2.24) is 20.8 Å². The summed E-state index contributed by atoms with van der Waals surface area (Å²) >= 11 is 1.57. The average molecular weight is 394 g/mol. The van der Waals surface area contributed by atoms with Crippen LogP contribution in [0.5, 0.6) is 5.75 Å². The highest BCUT2D eigenvalue weighted by molar-refractivity contribution is 7.09. The summed E-state index contributed by atoms with van der Waals surface area (Å²) in [5.74, 6) is -0.282. The number of thiazole rings is 1. The molecule has 2 N–H and O–H groups in total. The maximum atomic E-state index is 12.0. The second-order valence-corrected chi connectivity index (χ2v) is 6.76. The van der Waals surface area contributed by atoms with Crippen LogP contribution in [0.3, 0.4) is 0 Å². The highest BCUT2D eigenvalue weighted by atomic mass is 32.1. The Morgan fingerprint density at radius 2 is 2.04 bits per heavy atom. The number of aryl methyl sites for hydroxylation is 1. The Kier molecular flexibility index (Phi) is 6.48. The van der Waals surface area contributed by atoms with E-state index in [1.807, 2.05) is 36.6 Å². The van der Waals surface area contributed by atoms with Gasteiger partial charge < -0.3 is 4.74 Å². The van der Waals surface area contributed by atoms with E-state index in [4.69, 9.17) is 4.74 Å². The van der Waals surface area contributed by atoms with Crippen molar-refractivity contribution in [2.24, 2.45) is 0 Å². The molecular formula is C20H18N4O3S. The fraction of sp³-hybridized carbons (Fsp3) is 0.100. The van der Waals surface area contributed by atoms with Crippen molar-refractivity contribution >= 4 is 29.2 Å². The molecule has 0 saturated heterocycles. The van der Waals surface area contributed by atoms with Crippen molar-refractivity contribution < 1.29 is 14.3 Å². The van der Waals surface area contributed by atoms with E-state index >= 15 is 0 Å². The van der Waals surface area contributed by atoms with Crippen LogP contribution in [0, 0.1) is 6.92 Å². The van der Waals surface area contributed by atoms with Gasteiger partial charge >= 0.3 is 0 Å². The maximum Gasteiger partial charge on any atom is 0.271 e. The highest BCUT2D eigenvalue weighted by Crippen LogP contribution is 2.21. The molecular weight excluding hydrogens is 376 g/mol. The van der Waals surface area contributed by atoms with Crippen LogP contribution in [-0.4, -0.2) is 21.8 Å². The topological polar surface area (TPSA) is 93.2 Å². The molecule has 0 aliphatic carbocycles. The first-order chi connectivity index (χ1) is 13.6. The lowest BCUT2D eigenvalue weighted by atomic mass is 10.2. The Bertz CT molecular complexity index is 986. The van der Waals surface area contributed by atoms with Crippen LogP contribution in [0.15, 0.2) is 60.2 Å². The van der Waals surface area contributed by atoms with Crippen LogP contribution >= 0.6 is 11.3 Å². The molecule has 8 heteroatoms. The van der Waals surface area contributed by atoms with Crippen LogP contribution < -0.4 is 15.6 Å². The number of hydrogen-bond acceptors (Lipinski definition) is 6. The quantitative estimate of drug-likeness (QED) is 0.495. The summed E-state index contributed by atoms with van der Waals surface area (Å²) in [6.45, 7) is 2.29. The zero-order valence-electron chi connectivity index (χ0n) is 15.1. The number of carbonyl (C=O) groups excluding carboxylic acids is 2. The lowest BCUT2D eigenvalue weighted by Gasteiger charge is -2.08. The number of pyridine rings is 1. The van der Waals surface area contributed by atoms with E-state index in [-0.39, 0.29) is 0 Å². The summed E-state index contributed by atoms with van der Waals surface area (Å²) in [7, 11) is 0. The lowest BCUT2D eigenvalue weighted by Crippen LogP contribution is -2.40. The molecule has 0 aliphatic rings. The molecule has 3 aromatic rings. The predicted octanol–water partition coefficient (Wildman–Crippen LogP) is 2.90. The molecule has 0 fully saturated rings. The number of carbonyl (C=O) groups is 2. The van der Waals surface area contributed by atoms with Gasteiger partial charge in [-0.1, -0.05) is 18.2 Å². The fourth-order valence-corrected chi connectivity index (χ4v) is 2.87. The number of hydrogen-bond donors (Lipinski definition) is 2. The Balaban J connectivity index is 1.56. The number of nitrogens with one attached hydrogen (secondary N) is 2. The first-order valence-corrected chi connectivity index (χ1v) is 9.31. The van der Waals surface area contributed by atoms with E-state index in [2.05, 4.69) is 20.8 Å². The standard InChI is InChI=1S/C20H18N4O3S/c1-14-22-17(13-28-14)12-27-18-7-3-2-5-15(18)8-9-19(25)23-24-20(26)16-6-4-10-21-11-16/h2-11,13H,12H2,1H3,(H,23,25)(H,24,26). The van der Waals surface area contributed by atoms with Crippen molar-refractivity contribution in [2.75, 3.05) is 0 Å². The first-order valence-electron chi connectivity index (χ1n) is 8.43. The number of hydrazine groups is 1. The maximum absolute atomic E-state index is 12.0. The van der Waals surface area contributed by atoms with Gasteiger partial charge in [0.25, 0.3) is 11.8 Å². The van der Waals surface area contributed by atoms with Crippen LogP contribution in [-0.2, 0) is 11.4 Å². The third-order valence-electron chi connectivity index (χ3n) is 3.60. The summed E-state index contributed by atoms with van der Waals surface area (Å²) in [5.41, 5.74) is 6.61. The SMILES string of the molecule is Cc1nc(COc2ccccc2C=CC(=O)NNC(=O)c2cccnc2)cs1. The second-order valence-electron chi connectivity index (χ2n) is 5.70. The van der Waals surface area contributed by atoms with Gasteiger partial charge in [-0.2, -0.15) is 0 Å². The van der Waals surface area contributed by atoms with E-state index in [1.165, 1.54) is 12.3 Å². The van der Waals surface area contributed by atoms with E-state index in [0.717, 1.165) is 16.3 Å². The molecule has 0 unspecified atom stereocenters. The third kappa shape index (κ3) is 5.49. The molecule has 142 valence electrons. The smallest absolute Gasteiger partial charge is 0.271 e. The molecule has 0 bridgehead atoms. The van der Waals surface area contributed by atoms with Crippen molar-refractivity contribution in [3.63, 3.8) is 0 Å². The molecule has 2 aromatic heterocycles. The summed E-state index contributed by atoms with van der Waals surface area (Å²) in [6.07, 6.45) is 5.91. The van der Waals surface area contributed by atoms with Gasteiger partial charge in [0, 0.05) is 29.4 Å². The van der Waals surface area contributed by atoms with Crippen LogP contribution in [0.2, 0.25) is 0 Å². The lowest BCUT2D eigenvalue weighted by molar-refractivity contribution is -0.117. The van der Waals surface area contributed by atoms with Gasteiger partial charge in [-0.3, -0.25) is 25.4 Å². The van der Waals surface area contributed by atoms with E-state index in [0.29, 0.717) is 17.9 Å². The van der Waals surface area contributed by atoms with Crippen molar-refractivity contribution in [2.45, 2.75) is 13.5 Å². The highest BCUT2D eigenvalue weighted by Gasteiger charge is 2.06. The van der Waals surface area contributed by atoms with E-state index < -0.39 is 11.8 Å². The molecule has 0 aliphatic heterocycles. The number of amides is 2. The zero-order valence-corrected chi connectivity index (χ0v) is 15.9. The van der Waals surface area contributed by atoms with Gasteiger partial charge in [0.15, 0.2) is 0 Å². The van der Waals surface area contributed by atoms with Gasteiger partial charge in [-0.15, -0.1) is 11.3 Å². The monoisotopic (exact) mass is 394 g/mol. The molecule has 28 heavy (non-hydrogen) atoms. The van der Waals surface area contributed by atoms with Crippen molar-refractivity contribution in [3.8, 4) is 5.75 Å². The molecule has 7 nitrogen and oxygen atoms in total. The minimum atomic E-state index is -0.470. The van der Waals surface area contributed by atoms with Gasteiger partial charge in [0.2, 0.25) is 0 Å². The molecule has 1 aromatic carbocycles. The minimum absolute atomic E-state index is 0.350. The number of nitrogens with zero attached hydrogens (tertiary/aromatic N) is 2. The average Bonchev–Trinajstić information content (AvgIpc) is 3.15. The van der Waals surface area contributed by atoms with Gasteiger partial charge in [-0.25, -0.2) is 4.98 Å². The normalized spacial score (nSPS) is 10.6. The molecule has 0 saturated carbocycles. The Morgan fingerprint density at radius 3 is 2.79 bits per heavy atom. The molecule has 3 rings (SSSR count). The molecule has 2 amide bonds. The molecule has 0 radical (unpaired) electrons. The summed E-state index contributed by atoms with van der Waals surface area (Å²) in [6, 6.07) is 10.6. The van der Waals surface area contributed by atoms with Gasteiger partial charge in [-0.05, 0) is 31.2 Å². The van der Waals surface area contributed by atoms with Crippen molar-refractivity contribution in [1.29, 1.82) is 0 Å². The zero-order chi connectivity index (χ0) is 19.8. The number of rotatable bonds is 6. The van der Waals surface area contributed by atoms with Crippen LogP contribution in [0.1, 0.15) is 26.6 Å². The largest absolute Gasteiger partial charge is 0.487 e. The van der Waals surface area contributed by atoms with Crippen LogP contribution in [0.4, 0.5) is 0 Å². The Labute approximate surface area is 166 Å². The molecule has 2 heterocycles. The van der Waals surface area contributed by atoms with E-state index in [9.17, 15) is 9.59 Å². The predicted molar refractivity (Wildman–Crippen MR) is 107 cm³/mol. The Hall–Kier alpha value is -3.52. The molecule has 0 atom stereocenters. The number of aromatic nitrogens is 2. The second kappa shape index (κ2) is 9.43. The Morgan fingerprint density at radius 1 is 1.18 bits per heavy atom. The van der Waals surface area contributed by atoms with Gasteiger partial charge in [0.05, 0.1) is 16.3 Å². The minimum Gasteiger partial charge on any atom is -0.487 e. The fourth-order valence-electron chi connectivity index (χ4n) is 2.27. The number of ether oxygens (including phenoxy) is 1.